The van der Waals surface area contributed by atoms with Crippen molar-refractivity contribution in [3.05, 3.63) is 35.4 Å². The number of alkyl halides is 2. The summed E-state index contributed by atoms with van der Waals surface area (Å²) < 4.78 is 0. The molecule has 0 fully saturated rings. The molecule has 0 aliphatic heterocycles. The molecule has 1 rings (SSSR count). The van der Waals surface area contributed by atoms with E-state index in [2.05, 4.69) is 32.0 Å². The minimum absolute atomic E-state index is 0.513. The number of halogens is 2. The first-order valence-corrected chi connectivity index (χ1v) is 6.84. The van der Waals surface area contributed by atoms with E-state index >= 15 is 0 Å². The van der Waals surface area contributed by atoms with E-state index in [0.717, 1.165) is 12.8 Å². The molecule has 0 spiro atoms. The first-order chi connectivity index (χ1) is 7.65. The van der Waals surface area contributed by atoms with Gasteiger partial charge in [-0.25, -0.2) is 0 Å². The van der Waals surface area contributed by atoms with Gasteiger partial charge >= 0.3 is 0 Å². The summed E-state index contributed by atoms with van der Waals surface area (Å²) in [5.41, 5.74) is 2.61. The van der Waals surface area contributed by atoms with Crippen LogP contribution in [-0.2, 0) is 12.8 Å². The molecule has 0 N–H and O–H groups in total. The minimum Gasteiger partial charge on any atom is -0.126 e. The molecule has 1 radical (unpaired) electrons. The van der Waals surface area contributed by atoms with Crippen LogP contribution in [0.5, 0.6) is 0 Å². The Morgan fingerprint density at radius 2 is 1.75 bits per heavy atom. The van der Waals surface area contributed by atoms with Crippen LogP contribution < -0.4 is 0 Å². The Morgan fingerprint density at radius 3 is 2.38 bits per heavy atom. The van der Waals surface area contributed by atoms with E-state index in [-0.39, 0.29) is 0 Å². The van der Waals surface area contributed by atoms with Crippen molar-refractivity contribution < 1.29 is 0 Å². The van der Waals surface area contributed by atoms with E-state index in [9.17, 15) is 0 Å². The lowest BCUT2D eigenvalue weighted by Gasteiger charge is -2.11. The quantitative estimate of drug-likeness (QED) is 0.666. The van der Waals surface area contributed by atoms with E-state index in [4.69, 9.17) is 23.2 Å². The maximum absolute atomic E-state index is 5.82. The highest BCUT2D eigenvalue weighted by Gasteiger charge is 2.05. The Hall–Kier alpha value is -0.200. The largest absolute Gasteiger partial charge is 0.126 e. The second-order valence-electron chi connectivity index (χ2n) is 4.65. The van der Waals surface area contributed by atoms with Crippen molar-refractivity contribution in [2.45, 2.75) is 26.7 Å². The third-order valence-corrected chi connectivity index (χ3v) is 3.66. The lowest BCUT2D eigenvalue weighted by Crippen LogP contribution is -2.04. The van der Waals surface area contributed by atoms with Crippen LogP contribution >= 0.6 is 23.2 Å². The van der Waals surface area contributed by atoms with Crippen molar-refractivity contribution >= 4 is 23.2 Å². The second kappa shape index (κ2) is 7.19. The normalized spacial score (nSPS) is 14.8. The summed E-state index contributed by atoms with van der Waals surface area (Å²) in [7, 11) is 0. The van der Waals surface area contributed by atoms with Gasteiger partial charge < -0.3 is 0 Å². The SMILES string of the molecule is CC(CCl)Cc1[c]ccc(CC(C)CCl)c1. The zero-order chi connectivity index (χ0) is 12.0. The molecule has 2 heteroatoms. The molecule has 0 aliphatic rings. The Balaban J connectivity index is 2.63. The van der Waals surface area contributed by atoms with Gasteiger partial charge in [-0.1, -0.05) is 32.0 Å². The number of hydrogen-bond acceptors (Lipinski definition) is 0. The predicted octanol–water partition coefficient (Wildman–Crippen LogP) is 4.32. The summed E-state index contributed by atoms with van der Waals surface area (Å²) in [6.07, 6.45) is 2.05. The summed E-state index contributed by atoms with van der Waals surface area (Å²) in [4.78, 5) is 0. The van der Waals surface area contributed by atoms with Crippen LogP contribution in [-0.4, -0.2) is 11.8 Å². The summed E-state index contributed by atoms with van der Waals surface area (Å²) in [5.74, 6) is 2.46. The number of rotatable bonds is 6. The van der Waals surface area contributed by atoms with Crippen molar-refractivity contribution in [1.29, 1.82) is 0 Å². The maximum atomic E-state index is 5.82. The Morgan fingerprint density at radius 1 is 1.12 bits per heavy atom. The van der Waals surface area contributed by atoms with Gasteiger partial charge in [0.1, 0.15) is 0 Å². The molecule has 0 saturated heterocycles. The minimum atomic E-state index is 0.513. The molecule has 1 aromatic rings. The van der Waals surface area contributed by atoms with Gasteiger partial charge in [0.25, 0.3) is 0 Å². The fourth-order valence-electron chi connectivity index (χ4n) is 1.70. The van der Waals surface area contributed by atoms with Gasteiger partial charge in [-0.3, -0.25) is 0 Å². The van der Waals surface area contributed by atoms with Gasteiger partial charge in [0, 0.05) is 11.8 Å². The summed E-state index contributed by atoms with van der Waals surface area (Å²) in [5, 5.41) is 0. The van der Waals surface area contributed by atoms with E-state index in [0.29, 0.717) is 23.6 Å². The molecule has 0 heterocycles. The van der Waals surface area contributed by atoms with Gasteiger partial charge in [-0.15, -0.1) is 23.2 Å². The number of benzene rings is 1. The van der Waals surface area contributed by atoms with Crippen LogP contribution in [0.25, 0.3) is 0 Å². The molecule has 0 saturated carbocycles. The van der Waals surface area contributed by atoms with Gasteiger partial charge in [0.2, 0.25) is 0 Å². The van der Waals surface area contributed by atoms with Gasteiger partial charge in [0.05, 0.1) is 0 Å². The highest BCUT2D eigenvalue weighted by atomic mass is 35.5. The van der Waals surface area contributed by atoms with E-state index in [1.54, 1.807) is 0 Å². The molecule has 0 aromatic heterocycles. The van der Waals surface area contributed by atoms with Crippen LogP contribution in [0.4, 0.5) is 0 Å². The first kappa shape index (κ1) is 13.9. The van der Waals surface area contributed by atoms with Crippen LogP contribution in [0.3, 0.4) is 0 Å². The molecule has 0 nitrogen and oxygen atoms in total. The van der Waals surface area contributed by atoms with E-state index < -0.39 is 0 Å². The zero-order valence-corrected chi connectivity index (χ0v) is 11.5. The van der Waals surface area contributed by atoms with Gasteiger partial charge in [-0.05, 0) is 41.9 Å². The third-order valence-electron chi connectivity index (χ3n) is 2.61. The maximum Gasteiger partial charge on any atom is 0.0252 e. The van der Waals surface area contributed by atoms with Crippen molar-refractivity contribution in [1.82, 2.24) is 0 Å². The average Bonchev–Trinajstić information content (AvgIpc) is 2.29. The van der Waals surface area contributed by atoms with Crippen molar-refractivity contribution in [2.75, 3.05) is 11.8 Å². The first-order valence-electron chi connectivity index (χ1n) is 5.77. The van der Waals surface area contributed by atoms with Crippen LogP contribution in [0.2, 0.25) is 0 Å². The fraction of sp³-hybridized carbons (Fsp3) is 0.571. The van der Waals surface area contributed by atoms with E-state index in [1.165, 1.54) is 11.1 Å². The molecular weight excluding hydrogens is 239 g/mol. The number of hydrogen-bond donors (Lipinski definition) is 0. The molecule has 16 heavy (non-hydrogen) atoms. The van der Waals surface area contributed by atoms with Gasteiger partial charge in [-0.2, -0.15) is 0 Å². The van der Waals surface area contributed by atoms with Crippen LogP contribution in [0.1, 0.15) is 25.0 Å². The Bertz CT molecular complexity index is 282. The van der Waals surface area contributed by atoms with Crippen molar-refractivity contribution in [3.8, 4) is 0 Å². The molecule has 2 atom stereocenters. The molecular formula is C14H19Cl2. The lowest BCUT2D eigenvalue weighted by atomic mass is 9.97. The van der Waals surface area contributed by atoms with Crippen molar-refractivity contribution in [2.24, 2.45) is 11.8 Å². The highest BCUT2D eigenvalue weighted by Crippen LogP contribution is 2.15. The molecule has 2 unspecified atom stereocenters. The predicted molar refractivity (Wildman–Crippen MR) is 72.5 cm³/mol. The average molecular weight is 258 g/mol. The molecule has 0 aliphatic carbocycles. The van der Waals surface area contributed by atoms with E-state index in [1.807, 2.05) is 6.07 Å². The molecule has 0 bridgehead atoms. The van der Waals surface area contributed by atoms with Crippen LogP contribution in [0.15, 0.2) is 18.2 Å². The van der Waals surface area contributed by atoms with Gasteiger partial charge in [0.15, 0.2) is 0 Å². The summed E-state index contributed by atoms with van der Waals surface area (Å²) >= 11 is 11.6. The topological polar surface area (TPSA) is 0 Å². The summed E-state index contributed by atoms with van der Waals surface area (Å²) in [6.45, 7) is 4.33. The lowest BCUT2D eigenvalue weighted by molar-refractivity contribution is 0.642. The molecule has 0 amide bonds. The van der Waals surface area contributed by atoms with Crippen LogP contribution in [0, 0.1) is 17.9 Å². The van der Waals surface area contributed by atoms with Crippen molar-refractivity contribution in [3.63, 3.8) is 0 Å². The fourth-order valence-corrected chi connectivity index (χ4v) is 1.92. The monoisotopic (exact) mass is 257 g/mol. The second-order valence-corrected chi connectivity index (χ2v) is 5.27. The highest BCUT2D eigenvalue weighted by molar-refractivity contribution is 6.18. The Kier molecular flexibility index (Phi) is 6.23. The molecule has 1 aromatic carbocycles. The zero-order valence-electron chi connectivity index (χ0n) is 9.97. The Labute approximate surface area is 109 Å². The standard InChI is InChI=1S/C14H19Cl2/c1-11(9-15)6-13-4-3-5-14(8-13)7-12(2)10-16/h3-4,8,11-12H,6-7,9-10H2,1-2H3. The summed E-state index contributed by atoms with van der Waals surface area (Å²) in [6, 6.07) is 9.63. The molecule has 89 valence electrons. The smallest absolute Gasteiger partial charge is 0.0252 e. The third kappa shape index (κ3) is 4.76.